The quantitative estimate of drug-likeness (QED) is 0.650. The van der Waals surface area contributed by atoms with Crippen LogP contribution in [0, 0.1) is 6.92 Å². The van der Waals surface area contributed by atoms with Crippen molar-refractivity contribution in [3.63, 3.8) is 0 Å². The lowest BCUT2D eigenvalue weighted by Crippen LogP contribution is -2.30. The van der Waals surface area contributed by atoms with E-state index in [1.807, 2.05) is 68.7 Å². The molecule has 0 aliphatic rings. The number of nitrogens with zero attached hydrogens (tertiary/aromatic N) is 1. The molecule has 28 heavy (non-hydrogen) atoms. The molecule has 0 saturated carbocycles. The fourth-order valence-electron chi connectivity index (χ4n) is 3.38. The molecule has 0 spiro atoms. The molecule has 0 aliphatic carbocycles. The highest BCUT2D eigenvalue weighted by atomic mass is 16.5. The summed E-state index contributed by atoms with van der Waals surface area (Å²) < 4.78 is 13.2. The number of carbonyl (C=O) groups excluding carboxylic acids is 1. The number of amides is 1. The lowest BCUT2D eigenvalue weighted by atomic mass is 10.1. The Bertz CT molecular complexity index is 975. The highest BCUT2D eigenvalue weighted by Gasteiger charge is 2.15. The van der Waals surface area contributed by atoms with Gasteiger partial charge in [-0.15, -0.1) is 0 Å². The zero-order chi connectivity index (χ0) is 20.3. The predicted octanol–water partition coefficient (Wildman–Crippen LogP) is 4.62. The van der Waals surface area contributed by atoms with Crippen LogP contribution in [0.3, 0.4) is 0 Å². The van der Waals surface area contributed by atoms with Crippen LogP contribution in [-0.4, -0.2) is 23.7 Å². The summed E-state index contributed by atoms with van der Waals surface area (Å²) in [6.07, 6.45) is 0.0662. The molecular weight excluding hydrogens is 352 g/mol. The number of para-hydroxylation sites is 1. The number of aromatic nitrogens is 1. The minimum absolute atomic E-state index is 0.0292. The van der Waals surface area contributed by atoms with Gasteiger partial charge >= 0.3 is 0 Å². The molecule has 1 aromatic heterocycles. The topological polar surface area (TPSA) is 52.5 Å². The zero-order valence-corrected chi connectivity index (χ0v) is 17.2. The van der Waals surface area contributed by atoms with Gasteiger partial charge in [-0.05, 0) is 62.9 Å². The van der Waals surface area contributed by atoms with Crippen LogP contribution in [0.4, 0.5) is 0 Å². The monoisotopic (exact) mass is 380 g/mol. The summed E-state index contributed by atoms with van der Waals surface area (Å²) in [6, 6.07) is 15.8. The Hall–Kier alpha value is -2.95. The summed E-state index contributed by atoms with van der Waals surface area (Å²) in [5, 5.41) is 4.23. The third kappa shape index (κ3) is 4.30. The number of nitrogens with one attached hydrogen (secondary N) is 1. The Morgan fingerprint density at radius 1 is 1.07 bits per heavy atom. The van der Waals surface area contributed by atoms with Crippen LogP contribution in [-0.2, 0) is 11.3 Å². The largest absolute Gasteiger partial charge is 0.493 e. The second kappa shape index (κ2) is 8.38. The summed E-state index contributed by atoms with van der Waals surface area (Å²) >= 11 is 0. The highest BCUT2D eigenvalue weighted by molar-refractivity contribution is 5.84. The van der Waals surface area contributed by atoms with Crippen LogP contribution in [0.5, 0.6) is 11.5 Å². The third-order valence-electron chi connectivity index (χ3n) is 4.75. The minimum Gasteiger partial charge on any atom is -0.493 e. The molecule has 1 atom stereocenters. The third-order valence-corrected chi connectivity index (χ3v) is 4.75. The van der Waals surface area contributed by atoms with Crippen molar-refractivity contribution in [1.82, 2.24) is 9.88 Å². The number of aryl methyl sites for hydroxylation is 1. The number of methoxy groups -OCH3 is 1. The Morgan fingerprint density at radius 2 is 1.82 bits per heavy atom. The van der Waals surface area contributed by atoms with E-state index in [0.717, 1.165) is 22.2 Å². The Morgan fingerprint density at radius 3 is 2.54 bits per heavy atom. The average molecular weight is 380 g/mol. The smallest absolute Gasteiger partial charge is 0.240 e. The first-order valence-corrected chi connectivity index (χ1v) is 9.58. The van der Waals surface area contributed by atoms with Gasteiger partial charge < -0.3 is 19.4 Å². The first kappa shape index (κ1) is 19.8. The molecule has 3 aromatic rings. The standard InChI is InChI=1S/C23H28N2O3/c1-15(2)28-21-11-10-18(13-22(21)27-5)17(4)24-23(26)14-25-16(3)12-19-8-6-7-9-20(19)25/h6-13,15,17H,14H2,1-5H3,(H,24,26). The second-order valence-electron chi connectivity index (χ2n) is 7.30. The van der Waals surface area contributed by atoms with E-state index in [2.05, 4.69) is 17.4 Å². The summed E-state index contributed by atoms with van der Waals surface area (Å²) in [5.41, 5.74) is 3.11. The fourth-order valence-corrected chi connectivity index (χ4v) is 3.38. The van der Waals surface area contributed by atoms with Crippen LogP contribution in [0.1, 0.15) is 38.1 Å². The molecule has 0 fully saturated rings. The molecule has 148 valence electrons. The number of hydrogen-bond acceptors (Lipinski definition) is 3. The van der Waals surface area contributed by atoms with Gasteiger partial charge in [0.2, 0.25) is 5.91 Å². The van der Waals surface area contributed by atoms with Crippen LogP contribution in [0.15, 0.2) is 48.5 Å². The number of hydrogen-bond donors (Lipinski definition) is 1. The Kier molecular flexibility index (Phi) is 5.93. The van der Waals surface area contributed by atoms with Crippen molar-refractivity contribution >= 4 is 16.8 Å². The van der Waals surface area contributed by atoms with E-state index in [-0.39, 0.29) is 24.6 Å². The van der Waals surface area contributed by atoms with Crippen molar-refractivity contribution in [2.45, 2.75) is 46.4 Å². The average Bonchev–Trinajstić information content (AvgIpc) is 2.97. The summed E-state index contributed by atoms with van der Waals surface area (Å²) in [4.78, 5) is 12.7. The lowest BCUT2D eigenvalue weighted by molar-refractivity contribution is -0.122. The first-order valence-electron chi connectivity index (χ1n) is 9.58. The molecule has 2 aromatic carbocycles. The van der Waals surface area contributed by atoms with Gasteiger partial charge in [0.1, 0.15) is 6.54 Å². The lowest BCUT2D eigenvalue weighted by Gasteiger charge is -2.19. The summed E-state index contributed by atoms with van der Waals surface area (Å²) in [6.45, 7) is 8.23. The molecular formula is C23H28N2O3. The van der Waals surface area contributed by atoms with Gasteiger partial charge in [-0.25, -0.2) is 0 Å². The van der Waals surface area contributed by atoms with Crippen molar-refractivity contribution in [3.05, 3.63) is 59.8 Å². The van der Waals surface area contributed by atoms with Gasteiger partial charge in [-0.1, -0.05) is 24.3 Å². The molecule has 0 radical (unpaired) electrons. The van der Waals surface area contributed by atoms with E-state index in [1.54, 1.807) is 7.11 Å². The molecule has 5 heteroatoms. The molecule has 3 rings (SSSR count). The molecule has 1 heterocycles. The van der Waals surface area contributed by atoms with Gasteiger partial charge in [0.05, 0.1) is 19.3 Å². The summed E-state index contributed by atoms with van der Waals surface area (Å²) in [5.74, 6) is 1.34. The van der Waals surface area contributed by atoms with Crippen molar-refractivity contribution in [2.75, 3.05) is 7.11 Å². The molecule has 0 aliphatic heterocycles. The molecule has 0 bridgehead atoms. The van der Waals surface area contributed by atoms with E-state index in [4.69, 9.17) is 9.47 Å². The SMILES string of the molecule is COc1cc(C(C)NC(=O)Cn2c(C)cc3ccccc32)ccc1OC(C)C. The number of fused-ring (bicyclic) bond motifs is 1. The molecule has 5 nitrogen and oxygen atoms in total. The van der Waals surface area contributed by atoms with Crippen molar-refractivity contribution < 1.29 is 14.3 Å². The fraction of sp³-hybridized carbons (Fsp3) is 0.348. The summed E-state index contributed by atoms with van der Waals surface area (Å²) in [7, 11) is 1.62. The van der Waals surface area contributed by atoms with E-state index in [0.29, 0.717) is 11.5 Å². The minimum atomic E-state index is -0.142. The Labute approximate surface area is 166 Å². The van der Waals surface area contributed by atoms with E-state index < -0.39 is 0 Å². The number of carbonyl (C=O) groups is 1. The van der Waals surface area contributed by atoms with Gasteiger partial charge in [-0.3, -0.25) is 4.79 Å². The number of rotatable bonds is 7. The maximum absolute atomic E-state index is 12.7. The Balaban J connectivity index is 1.72. The van der Waals surface area contributed by atoms with Crippen molar-refractivity contribution in [1.29, 1.82) is 0 Å². The van der Waals surface area contributed by atoms with Crippen LogP contribution >= 0.6 is 0 Å². The van der Waals surface area contributed by atoms with Crippen molar-refractivity contribution in [2.24, 2.45) is 0 Å². The van der Waals surface area contributed by atoms with Crippen LogP contribution < -0.4 is 14.8 Å². The van der Waals surface area contributed by atoms with Gasteiger partial charge in [0.25, 0.3) is 0 Å². The highest BCUT2D eigenvalue weighted by Crippen LogP contribution is 2.31. The van der Waals surface area contributed by atoms with Crippen molar-refractivity contribution in [3.8, 4) is 11.5 Å². The molecule has 0 saturated heterocycles. The number of benzene rings is 2. The maximum Gasteiger partial charge on any atom is 0.240 e. The maximum atomic E-state index is 12.7. The zero-order valence-electron chi connectivity index (χ0n) is 17.2. The molecule has 1 unspecified atom stereocenters. The van der Waals surface area contributed by atoms with Gasteiger partial charge in [0.15, 0.2) is 11.5 Å². The second-order valence-corrected chi connectivity index (χ2v) is 7.30. The first-order chi connectivity index (χ1) is 13.4. The number of ether oxygens (including phenoxy) is 2. The van der Waals surface area contributed by atoms with E-state index >= 15 is 0 Å². The van der Waals surface area contributed by atoms with E-state index in [1.165, 1.54) is 0 Å². The molecule has 1 amide bonds. The normalized spacial score (nSPS) is 12.2. The van der Waals surface area contributed by atoms with Gasteiger partial charge in [-0.2, -0.15) is 0 Å². The van der Waals surface area contributed by atoms with E-state index in [9.17, 15) is 4.79 Å². The van der Waals surface area contributed by atoms with Crippen LogP contribution in [0.2, 0.25) is 0 Å². The van der Waals surface area contributed by atoms with Gasteiger partial charge in [0, 0.05) is 11.2 Å². The van der Waals surface area contributed by atoms with Crippen LogP contribution in [0.25, 0.3) is 10.9 Å². The predicted molar refractivity (Wildman–Crippen MR) is 112 cm³/mol. The molecule has 1 N–H and O–H groups in total.